The first-order valence-electron chi connectivity index (χ1n) is 9.19. The highest BCUT2D eigenvalue weighted by Gasteiger charge is 2.25. The first-order chi connectivity index (χ1) is 12.1. The second-order valence-electron chi connectivity index (χ2n) is 7.03. The Balaban J connectivity index is 1.66. The van der Waals surface area contributed by atoms with Crippen molar-refractivity contribution in [1.29, 1.82) is 5.41 Å². The first-order valence-corrected chi connectivity index (χ1v) is 9.19. The Morgan fingerprint density at radius 3 is 2.56 bits per heavy atom. The third kappa shape index (κ3) is 4.20. The summed E-state index contributed by atoms with van der Waals surface area (Å²) in [5.41, 5.74) is 9.50. The Labute approximate surface area is 152 Å². The molecular formula is C21H27BN3. The molecule has 0 aromatic heterocycles. The molecule has 0 aliphatic carbocycles. The number of hydrogen-bond donors (Lipinski definition) is 2. The predicted molar refractivity (Wildman–Crippen MR) is 107 cm³/mol. The first kappa shape index (κ1) is 17.9. The van der Waals surface area contributed by atoms with Gasteiger partial charge in [0, 0.05) is 18.3 Å². The van der Waals surface area contributed by atoms with Gasteiger partial charge in [-0.1, -0.05) is 49.4 Å². The highest BCUT2D eigenvalue weighted by Crippen LogP contribution is 2.23. The van der Waals surface area contributed by atoms with Crippen molar-refractivity contribution >= 4 is 13.6 Å². The molecular weight excluding hydrogens is 305 g/mol. The molecule has 1 fully saturated rings. The van der Waals surface area contributed by atoms with Crippen LogP contribution in [0.15, 0.2) is 42.5 Å². The quantitative estimate of drug-likeness (QED) is 0.614. The van der Waals surface area contributed by atoms with Crippen LogP contribution in [0.5, 0.6) is 0 Å². The molecule has 1 radical (unpaired) electrons. The molecule has 25 heavy (non-hydrogen) atoms. The summed E-state index contributed by atoms with van der Waals surface area (Å²) in [6.07, 6.45) is 4.75. The smallest absolute Gasteiger partial charge is 0.232 e. The van der Waals surface area contributed by atoms with Gasteiger partial charge in [-0.3, -0.25) is 10.3 Å². The van der Waals surface area contributed by atoms with Crippen LogP contribution in [0, 0.1) is 12.3 Å². The third-order valence-corrected chi connectivity index (χ3v) is 5.13. The van der Waals surface area contributed by atoms with Crippen molar-refractivity contribution in [3.8, 4) is 11.1 Å². The van der Waals surface area contributed by atoms with E-state index in [2.05, 4.69) is 74.9 Å². The summed E-state index contributed by atoms with van der Waals surface area (Å²) in [7, 11) is 2.29. The summed E-state index contributed by atoms with van der Waals surface area (Å²) in [4.78, 5) is 2.28. The fourth-order valence-corrected chi connectivity index (χ4v) is 3.41. The van der Waals surface area contributed by atoms with Gasteiger partial charge in [-0.2, -0.15) is 0 Å². The summed E-state index contributed by atoms with van der Waals surface area (Å²) in [5.74, 6) is 0. The summed E-state index contributed by atoms with van der Waals surface area (Å²) in [5, 5.41) is 7.41. The predicted octanol–water partition coefficient (Wildman–Crippen LogP) is 4.23. The number of hydrogen-bond acceptors (Lipinski definition) is 3. The molecule has 1 aliphatic heterocycles. The summed E-state index contributed by atoms with van der Waals surface area (Å²) in [6.45, 7) is 6.56. The molecule has 1 saturated heterocycles. The second kappa shape index (κ2) is 7.98. The monoisotopic (exact) mass is 332 g/mol. The van der Waals surface area contributed by atoms with Crippen molar-refractivity contribution in [3.05, 3.63) is 59.2 Å². The van der Waals surface area contributed by atoms with Gasteiger partial charge in [-0.05, 0) is 60.8 Å². The van der Waals surface area contributed by atoms with Gasteiger partial charge < -0.3 is 5.41 Å². The average Bonchev–Trinajstić information content (AvgIpc) is 3.11. The molecule has 0 bridgehead atoms. The van der Waals surface area contributed by atoms with Crippen molar-refractivity contribution in [3.63, 3.8) is 0 Å². The van der Waals surface area contributed by atoms with E-state index in [4.69, 9.17) is 5.41 Å². The molecule has 129 valence electrons. The molecule has 2 aromatic carbocycles. The van der Waals surface area contributed by atoms with E-state index < -0.39 is 0 Å². The van der Waals surface area contributed by atoms with Gasteiger partial charge in [-0.15, -0.1) is 0 Å². The molecule has 1 heterocycles. The van der Waals surface area contributed by atoms with Crippen LogP contribution in [0.3, 0.4) is 0 Å². The van der Waals surface area contributed by atoms with Gasteiger partial charge in [0.05, 0.1) is 0 Å². The lowest BCUT2D eigenvalue weighted by Gasteiger charge is -2.26. The van der Waals surface area contributed by atoms with E-state index >= 15 is 0 Å². The lowest BCUT2D eigenvalue weighted by Crippen LogP contribution is -2.43. The number of nitrogens with one attached hydrogen (secondary N) is 2. The Morgan fingerprint density at radius 2 is 1.96 bits per heavy atom. The molecule has 0 saturated carbocycles. The molecule has 2 aromatic rings. The number of rotatable bonds is 6. The minimum Gasteiger partial charge on any atom is -0.308 e. The Kier molecular flexibility index (Phi) is 5.72. The molecule has 0 amide bonds. The molecule has 0 spiro atoms. The van der Waals surface area contributed by atoms with Crippen LogP contribution in [-0.2, 0) is 6.42 Å². The van der Waals surface area contributed by atoms with E-state index in [0.29, 0.717) is 12.1 Å². The van der Waals surface area contributed by atoms with Crippen molar-refractivity contribution in [2.24, 2.45) is 0 Å². The molecule has 2 N–H and O–H groups in total. The van der Waals surface area contributed by atoms with Gasteiger partial charge in [0.25, 0.3) is 0 Å². The maximum absolute atomic E-state index is 7.41. The number of benzene rings is 2. The molecule has 2 unspecified atom stereocenters. The van der Waals surface area contributed by atoms with E-state index in [-0.39, 0.29) is 0 Å². The van der Waals surface area contributed by atoms with Crippen molar-refractivity contribution in [2.75, 3.05) is 0 Å². The van der Waals surface area contributed by atoms with E-state index in [1.165, 1.54) is 29.3 Å². The van der Waals surface area contributed by atoms with Gasteiger partial charge in [0.1, 0.15) is 0 Å². The summed E-state index contributed by atoms with van der Waals surface area (Å²) in [6, 6.07) is 16.2. The highest BCUT2D eigenvalue weighted by atomic mass is 15.5. The van der Waals surface area contributed by atoms with Crippen LogP contribution in [0.4, 0.5) is 0 Å². The van der Waals surface area contributed by atoms with Crippen LogP contribution >= 0.6 is 0 Å². The molecule has 3 nitrogen and oxygen atoms in total. The zero-order valence-corrected chi connectivity index (χ0v) is 15.4. The molecule has 2 atom stereocenters. The number of nitrogens with zero attached hydrogens (tertiary/aromatic N) is 1. The van der Waals surface area contributed by atoms with Crippen LogP contribution in [-0.4, -0.2) is 30.6 Å². The van der Waals surface area contributed by atoms with E-state index in [1.54, 1.807) is 0 Å². The average molecular weight is 332 g/mol. The Bertz CT molecular complexity index is 726. The maximum Gasteiger partial charge on any atom is 0.232 e. The number of aryl methyl sites for hydroxylation is 1. The second-order valence-corrected chi connectivity index (χ2v) is 7.03. The Morgan fingerprint density at radius 1 is 1.24 bits per heavy atom. The Hall–Kier alpha value is -1.91. The highest BCUT2D eigenvalue weighted by molar-refractivity contribution is 6.33. The molecule has 4 heteroatoms. The van der Waals surface area contributed by atoms with Crippen LogP contribution in [0.2, 0.25) is 6.32 Å². The third-order valence-electron chi connectivity index (χ3n) is 5.13. The van der Waals surface area contributed by atoms with Crippen LogP contribution in [0.25, 0.3) is 11.1 Å². The standard InChI is InChI=1S/C21H27BN3/c1-4-21-13-22-25(24-21)16(3)12-17-5-7-18(8-6-17)19-9-10-20(14-23)15(2)11-19/h5-11,14,16,21,23-24H,4,12-13H2,1-3H3. The van der Waals surface area contributed by atoms with Crippen LogP contribution in [0.1, 0.15) is 37.0 Å². The van der Waals surface area contributed by atoms with Gasteiger partial charge in [0.2, 0.25) is 7.41 Å². The largest absolute Gasteiger partial charge is 0.308 e. The normalized spacial score (nSPS) is 18.8. The molecule has 1 aliphatic rings. The fourth-order valence-electron chi connectivity index (χ4n) is 3.41. The topological polar surface area (TPSA) is 39.1 Å². The summed E-state index contributed by atoms with van der Waals surface area (Å²) >= 11 is 0. The van der Waals surface area contributed by atoms with Gasteiger partial charge >= 0.3 is 0 Å². The van der Waals surface area contributed by atoms with E-state index in [0.717, 1.165) is 23.9 Å². The van der Waals surface area contributed by atoms with Gasteiger partial charge in [-0.25, -0.2) is 0 Å². The zero-order chi connectivity index (χ0) is 17.8. The lowest BCUT2D eigenvalue weighted by molar-refractivity contribution is 0.254. The van der Waals surface area contributed by atoms with Crippen molar-refractivity contribution in [2.45, 2.75) is 52.0 Å². The van der Waals surface area contributed by atoms with Crippen molar-refractivity contribution < 1.29 is 0 Å². The van der Waals surface area contributed by atoms with Gasteiger partial charge in [0.15, 0.2) is 0 Å². The van der Waals surface area contributed by atoms with Crippen molar-refractivity contribution in [1.82, 2.24) is 10.3 Å². The maximum atomic E-state index is 7.41. The van der Waals surface area contributed by atoms with E-state index in [9.17, 15) is 0 Å². The minimum absolute atomic E-state index is 0.455. The lowest BCUT2D eigenvalue weighted by atomic mass is 9.84. The molecule has 3 rings (SSSR count). The number of hydrazine groups is 1. The SMILES string of the molecule is CCC1C[B]N(C(C)Cc2ccc(-c3ccc(C=N)c(C)c3)cc2)N1. The zero-order valence-electron chi connectivity index (χ0n) is 15.4. The minimum atomic E-state index is 0.455. The van der Waals surface area contributed by atoms with E-state index in [1.807, 2.05) is 6.07 Å². The van der Waals surface area contributed by atoms with Crippen LogP contribution < -0.4 is 5.43 Å². The summed E-state index contributed by atoms with van der Waals surface area (Å²) < 4.78 is 0. The fraction of sp³-hybridized carbons (Fsp3) is 0.381.